The molecule has 0 bridgehead atoms. The summed E-state index contributed by atoms with van der Waals surface area (Å²) in [6.07, 6.45) is -1.92. The van der Waals surface area contributed by atoms with E-state index in [1.807, 2.05) is 0 Å². The molecule has 9 heteroatoms. The van der Waals surface area contributed by atoms with Gasteiger partial charge in [0, 0.05) is 23.4 Å². The Morgan fingerprint density at radius 3 is 2.74 bits per heavy atom. The highest BCUT2D eigenvalue weighted by Crippen LogP contribution is 2.41. The van der Waals surface area contributed by atoms with Crippen LogP contribution >= 0.6 is 0 Å². The molecule has 0 saturated heterocycles. The fourth-order valence-electron chi connectivity index (χ4n) is 2.83. The van der Waals surface area contributed by atoms with Crippen molar-refractivity contribution in [1.29, 1.82) is 0 Å². The lowest BCUT2D eigenvalue weighted by molar-refractivity contribution is -0.142. The second-order valence-electron chi connectivity index (χ2n) is 6.32. The molecule has 140 valence electrons. The molecule has 1 aromatic carbocycles. The van der Waals surface area contributed by atoms with Gasteiger partial charge in [-0.15, -0.1) is 0 Å². The van der Waals surface area contributed by atoms with E-state index in [4.69, 9.17) is 4.74 Å². The Morgan fingerprint density at radius 2 is 2.07 bits per heavy atom. The summed E-state index contributed by atoms with van der Waals surface area (Å²) in [5.41, 5.74) is -0.272. The molecular formula is C18H15F3N4O2. The highest BCUT2D eigenvalue weighted by molar-refractivity contribution is 6.08. The van der Waals surface area contributed by atoms with Gasteiger partial charge in [-0.25, -0.2) is 9.50 Å². The second-order valence-corrected chi connectivity index (χ2v) is 6.32. The average Bonchev–Trinajstić information content (AvgIpc) is 3.39. The summed E-state index contributed by atoms with van der Waals surface area (Å²) in [5.74, 6) is -0.0479. The van der Waals surface area contributed by atoms with Crippen molar-refractivity contribution in [1.82, 2.24) is 14.6 Å². The van der Waals surface area contributed by atoms with Gasteiger partial charge in [0.1, 0.15) is 17.0 Å². The van der Waals surface area contributed by atoms with Crippen molar-refractivity contribution in [3.05, 3.63) is 53.5 Å². The highest BCUT2D eigenvalue weighted by atomic mass is 19.4. The van der Waals surface area contributed by atoms with E-state index in [1.165, 1.54) is 7.11 Å². The lowest BCUT2D eigenvalue weighted by atomic mass is 10.2. The summed E-state index contributed by atoms with van der Waals surface area (Å²) in [5, 5.41) is 6.39. The Balaban J connectivity index is 1.75. The summed E-state index contributed by atoms with van der Waals surface area (Å²) < 4.78 is 46.0. The number of ether oxygens (including phenoxy) is 1. The Labute approximate surface area is 152 Å². The number of hydrogen-bond donors (Lipinski definition) is 1. The maximum absolute atomic E-state index is 13.4. The van der Waals surface area contributed by atoms with E-state index in [0.29, 0.717) is 21.6 Å². The Hall–Kier alpha value is -3.10. The minimum Gasteiger partial charge on any atom is -0.497 e. The number of carbonyl (C=O) groups excluding carboxylic acids is 1. The predicted molar refractivity (Wildman–Crippen MR) is 90.9 cm³/mol. The third kappa shape index (κ3) is 3.32. The molecule has 2 aromatic heterocycles. The van der Waals surface area contributed by atoms with Crippen LogP contribution in [0.15, 0.2) is 36.5 Å². The van der Waals surface area contributed by atoms with Crippen LogP contribution in [0.5, 0.6) is 5.75 Å². The van der Waals surface area contributed by atoms with Crippen molar-refractivity contribution in [2.24, 2.45) is 0 Å². The molecule has 1 fully saturated rings. The van der Waals surface area contributed by atoms with Gasteiger partial charge in [0.05, 0.1) is 13.3 Å². The van der Waals surface area contributed by atoms with Crippen LogP contribution in [0.3, 0.4) is 0 Å². The summed E-state index contributed by atoms with van der Waals surface area (Å²) in [4.78, 5) is 16.9. The van der Waals surface area contributed by atoms with Crippen molar-refractivity contribution in [3.63, 3.8) is 0 Å². The Bertz CT molecular complexity index is 1030. The Morgan fingerprint density at radius 1 is 1.30 bits per heavy atom. The molecule has 2 heterocycles. The maximum Gasteiger partial charge on any atom is 0.433 e. The first kappa shape index (κ1) is 17.3. The van der Waals surface area contributed by atoms with Crippen LogP contribution in [-0.2, 0) is 6.18 Å². The minimum absolute atomic E-state index is 0.000274. The number of methoxy groups -OCH3 is 1. The molecule has 6 nitrogen and oxygen atoms in total. The molecule has 1 N–H and O–H groups in total. The first-order chi connectivity index (χ1) is 12.9. The number of aromatic nitrogens is 3. The number of fused-ring (bicyclic) bond motifs is 1. The van der Waals surface area contributed by atoms with E-state index in [2.05, 4.69) is 15.4 Å². The summed E-state index contributed by atoms with van der Waals surface area (Å²) in [6, 6.07) is 7.67. The number of anilines is 1. The van der Waals surface area contributed by atoms with Crippen molar-refractivity contribution in [2.75, 3.05) is 12.4 Å². The van der Waals surface area contributed by atoms with Gasteiger partial charge < -0.3 is 10.1 Å². The molecule has 0 spiro atoms. The molecule has 0 aliphatic heterocycles. The summed E-state index contributed by atoms with van der Waals surface area (Å²) in [7, 11) is 1.49. The zero-order chi connectivity index (χ0) is 19.2. The number of benzene rings is 1. The lowest BCUT2D eigenvalue weighted by Gasteiger charge is -2.11. The van der Waals surface area contributed by atoms with Crippen LogP contribution in [0.4, 0.5) is 18.9 Å². The molecule has 1 aliphatic carbocycles. The standard InChI is InChI=1S/C18H15F3N4O2/c1-27-12-4-2-3-11(7-12)23-17(26)13-9-22-25-15(18(19,20)21)8-14(10-5-6-10)24-16(13)25/h2-4,7-10H,5-6H2,1H3,(H,23,26). The van der Waals surface area contributed by atoms with Gasteiger partial charge in [0.2, 0.25) is 0 Å². The quantitative estimate of drug-likeness (QED) is 0.750. The normalized spacial score (nSPS) is 14.4. The highest BCUT2D eigenvalue weighted by Gasteiger charge is 2.37. The van der Waals surface area contributed by atoms with Crippen molar-refractivity contribution in [3.8, 4) is 5.75 Å². The van der Waals surface area contributed by atoms with Gasteiger partial charge in [-0.2, -0.15) is 18.3 Å². The second kappa shape index (κ2) is 6.26. The zero-order valence-electron chi connectivity index (χ0n) is 14.2. The SMILES string of the molecule is COc1cccc(NC(=O)c2cnn3c(C(F)(F)F)cc(C4CC4)nc23)c1. The van der Waals surface area contributed by atoms with Gasteiger partial charge in [-0.1, -0.05) is 6.07 Å². The van der Waals surface area contributed by atoms with E-state index < -0.39 is 17.8 Å². The molecule has 1 amide bonds. The molecular weight excluding hydrogens is 361 g/mol. The molecule has 1 aliphatic rings. The van der Waals surface area contributed by atoms with Crippen molar-refractivity contribution in [2.45, 2.75) is 24.9 Å². The number of amides is 1. The largest absolute Gasteiger partial charge is 0.497 e. The van der Waals surface area contributed by atoms with Crippen LogP contribution in [0.25, 0.3) is 5.65 Å². The van der Waals surface area contributed by atoms with Crippen LogP contribution in [0.1, 0.15) is 40.5 Å². The Kier molecular flexibility index (Phi) is 4.01. The zero-order valence-corrected chi connectivity index (χ0v) is 14.2. The number of rotatable bonds is 4. The van der Waals surface area contributed by atoms with Gasteiger partial charge >= 0.3 is 6.18 Å². The van der Waals surface area contributed by atoms with Crippen molar-refractivity contribution >= 4 is 17.2 Å². The minimum atomic E-state index is -4.60. The van der Waals surface area contributed by atoms with Crippen LogP contribution in [-0.4, -0.2) is 27.6 Å². The van der Waals surface area contributed by atoms with Crippen molar-refractivity contribution < 1.29 is 22.7 Å². The lowest BCUT2D eigenvalue weighted by Crippen LogP contribution is -2.16. The summed E-state index contributed by atoms with van der Waals surface area (Å²) >= 11 is 0. The van der Waals surface area contributed by atoms with E-state index in [-0.39, 0.29) is 17.1 Å². The van der Waals surface area contributed by atoms with E-state index in [9.17, 15) is 18.0 Å². The smallest absolute Gasteiger partial charge is 0.433 e. The number of nitrogens with zero attached hydrogens (tertiary/aromatic N) is 3. The fraction of sp³-hybridized carbons (Fsp3) is 0.278. The van der Waals surface area contributed by atoms with E-state index in [1.54, 1.807) is 24.3 Å². The third-order valence-corrected chi connectivity index (χ3v) is 4.35. The molecule has 27 heavy (non-hydrogen) atoms. The van der Waals surface area contributed by atoms with Gasteiger partial charge in [-0.05, 0) is 31.0 Å². The first-order valence-electron chi connectivity index (χ1n) is 8.28. The van der Waals surface area contributed by atoms with Gasteiger partial charge in [0.15, 0.2) is 5.65 Å². The molecule has 3 aromatic rings. The average molecular weight is 376 g/mol. The predicted octanol–water partition coefficient (Wildman–Crippen LogP) is 3.89. The fourth-order valence-corrected chi connectivity index (χ4v) is 2.83. The summed E-state index contributed by atoms with van der Waals surface area (Å²) in [6.45, 7) is 0. The number of halogens is 3. The third-order valence-electron chi connectivity index (χ3n) is 4.35. The van der Waals surface area contributed by atoms with Gasteiger partial charge in [0.25, 0.3) is 5.91 Å². The van der Waals surface area contributed by atoms with Crippen LogP contribution in [0, 0.1) is 0 Å². The number of carbonyl (C=O) groups is 1. The number of hydrogen-bond acceptors (Lipinski definition) is 4. The topological polar surface area (TPSA) is 68.5 Å². The maximum atomic E-state index is 13.4. The van der Waals surface area contributed by atoms with Gasteiger partial charge in [-0.3, -0.25) is 4.79 Å². The van der Waals surface area contributed by atoms with Crippen LogP contribution in [0.2, 0.25) is 0 Å². The molecule has 4 rings (SSSR count). The first-order valence-corrected chi connectivity index (χ1v) is 8.28. The molecule has 0 unspecified atom stereocenters. The monoisotopic (exact) mass is 376 g/mol. The van der Waals surface area contributed by atoms with E-state index >= 15 is 0 Å². The molecule has 0 atom stereocenters. The number of alkyl halides is 3. The molecule has 0 radical (unpaired) electrons. The molecule has 1 saturated carbocycles. The van der Waals surface area contributed by atoms with E-state index in [0.717, 1.165) is 25.1 Å². The number of nitrogens with one attached hydrogen (secondary N) is 1. The van der Waals surface area contributed by atoms with Crippen LogP contribution < -0.4 is 10.1 Å².